The summed E-state index contributed by atoms with van der Waals surface area (Å²) in [6, 6.07) is 1.03. The molecule has 0 radical (unpaired) electrons. The number of anilines is 1. The number of thioether (sulfide) groups is 1. The Morgan fingerprint density at radius 2 is 2.10 bits per heavy atom. The molecule has 1 aromatic heterocycles. The summed E-state index contributed by atoms with van der Waals surface area (Å²) in [7, 11) is 0. The Labute approximate surface area is 125 Å². The van der Waals surface area contributed by atoms with Crippen molar-refractivity contribution in [3.05, 3.63) is 5.89 Å². The van der Waals surface area contributed by atoms with Gasteiger partial charge in [-0.2, -0.15) is 11.8 Å². The third-order valence-corrected chi connectivity index (χ3v) is 4.58. The average Bonchev–Trinajstić information content (AvgIpc) is 2.97. The second-order valence-electron chi connectivity index (χ2n) is 6.34. The zero-order valence-corrected chi connectivity index (χ0v) is 13.7. The van der Waals surface area contributed by atoms with E-state index in [2.05, 4.69) is 60.3 Å². The Balaban J connectivity index is 1.78. The Kier molecular flexibility index (Phi) is 5.32. The molecule has 20 heavy (non-hydrogen) atoms. The highest BCUT2D eigenvalue weighted by Crippen LogP contribution is 2.31. The molecule has 0 amide bonds. The normalized spacial score (nSPS) is 23.2. The van der Waals surface area contributed by atoms with Gasteiger partial charge in [-0.05, 0) is 45.8 Å². The second-order valence-corrected chi connectivity index (χ2v) is 7.91. The largest absolute Gasteiger partial charge is 0.407 e. The molecule has 1 fully saturated rings. The molecule has 0 bridgehead atoms. The number of aromatic nitrogens is 2. The highest BCUT2D eigenvalue weighted by molar-refractivity contribution is 7.99. The predicted octanol–water partition coefficient (Wildman–Crippen LogP) is 3.04. The second kappa shape index (κ2) is 6.80. The molecule has 0 aromatic carbocycles. The van der Waals surface area contributed by atoms with Gasteiger partial charge >= 0.3 is 6.01 Å². The molecule has 1 aromatic rings. The number of hydrogen-bond acceptors (Lipinski definition) is 6. The van der Waals surface area contributed by atoms with Gasteiger partial charge in [-0.25, -0.2) is 0 Å². The maximum atomic E-state index is 5.63. The van der Waals surface area contributed by atoms with E-state index in [-0.39, 0.29) is 5.54 Å². The van der Waals surface area contributed by atoms with Gasteiger partial charge in [0.1, 0.15) is 0 Å². The van der Waals surface area contributed by atoms with Crippen LogP contribution in [0.3, 0.4) is 0 Å². The molecular weight excluding hydrogens is 272 g/mol. The van der Waals surface area contributed by atoms with Gasteiger partial charge in [0, 0.05) is 16.8 Å². The topological polar surface area (TPSA) is 63.0 Å². The van der Waals surface area contributed by atoms with Gasteiger partial charge in [0.05, 0.1) is 6.54 Å². The van der Waals surface area contributed by atoms with E-state index in [1.54, 1.807) is 0 Å². The Bertz CT molecular complexity index is 416. The van der Waals surface area contributed by atoms with Gasteiger partial charge in [0.25, 0.3) is 0 Å². The standard InChI is InChI=1S/C14H26N4OS/c1-5-20-11-7-6-10(8-11)16-13-18-17-12(19-13)9-15-14(2,3)4/h10-11,15H,5-9H2,1-4H3,(H,16,18). The van der Waals surface area contributed by atoms with E-state index >= 15 is 0 Å². The summed E-state index contributed by atoms with van der Waals surface area (Å²) in [4.78, 5) is 0. The van der Waals surface area contributed by atoms with E-state index in [4.69, 9.17) is 4.42 Å². The first-order valence-electron chi connectivity index (χ1n) is 7.42. The first kappa shape index (κ1) is 15.6. The van der Waals surface area contributed by atoms with Crippen LogP contribution in [-0.2, 0) is 6.54 Å². The molecule has 0 saturated heterocycles. The van der Waals surface area contributed by atoms with Crippen LogP contribution in [-0.4, -0.2) is 32.8 Å². The van der Waals surface area contributed by atoms with Crippen molar-refractivity contribution in [2.45, 2.75) is 70.3 Å². The fourth-order valence-corrected chi connectivity index (χ4v) is 3.50. The molecule has 2 N–H and O–H groups in total. The molecule has 2 unspecified atom stereocenters. The lowest BCUT2D eigenvalue weighted by atomic mass is 10.1. The van der Waals surface area contributed by atoms with E-state index in [1.165, 1.54) is 25.0 Å². The lowest BCUT2D eigenvalue weighted by Crippen LogP contribution is -2.35. The summed E-state index contributed by atoms with van der Waals surface area (Å²) >= 11 is 2.05. The lowest BCUT2D eigenvalue weighted by Gasteiger charge is -2.18. The summed E-state index contributed by atoms with van der Waals surface area (Å²) < 4.78 is 5.63. The van der Waals surface area contributed by atoms with Crippen LogP contribution in [0.1, 0.15) is 52.8 Å². The van der Waals surface area contributed by atoms with Gasteiger partial charge in [-0.15, -0.1) is 5.10 Å². The third kappa shape index (κ3) is 4.98. The van der Waals surface area contributed by atoms with E-state index in [0.717, 1.165) is 5.25 Å². The summed E-state index contributed by atoms with van der Waals surface area (Å²) in [6.07, 6.45) is 3.66. The van der Waals surface area contributed by atoms with Crippen molar-refractivity contribution in [3.63, 3.8) is 0 Å². The molecule has 2 atom stereocenters. The van der Waals surface area contributed by atoms with Crippen molar-refractivity contribution in [3.8, 4) is 0 Å². The maximum Gasteiger partial charge on any atom is 0.315 e. The molecular formula is C14H26N4OS. The number of hydrogen-bond donors (Lipinski definition) is 2. The highest BCUT2D eigenvalue weighted by atomic mass is 32.2. The molecule has 0 aliphatic heterocycles. The summed E-state index contributed by atoms with van der Waals surface area (Å²) in [6.45, 7) is 9.18. The van der Waals surface area contributed by atoms with Crippen LogP contribution in [0.4, 0.5) is 6.01 Å². The van der Waals surface area contributed by atoms with Gasteiger partial charge in [-0.3, -0.25) is 0 Å². The smallest absolute Gasteiger partial charge is 0.315 e. The molecule has 1 aliphatic rings. The number of nitrogens with one attached hydrogen (secondary N) is 2. The monoisotopic (exact) mass is 298 g/mol. The molecule has 2 rings (SSSR count). The molecule has 1 heterocycles. The minimum Gasteiger partial charge on any atom is -0.407 e. The first-order chi connectivity index (χ1) is 9.46. The molecule has 1 saturated carbocycles. The van der Waals surface area contributed by atoms with Crippen LogP contribution in [0, 0.1) is 0 Å². The predicted molar refractivity (Wildman–Crippen MR) is 84.1 cm³/mol. The van der Waals surface area contributed by atoms with E-state index in [9.17, 15) is 0 Å². The van der Waals surface area contributed by atoms with Crippen LogP contribution >= 0.6 is 11.8 Å². The van der Waals surface area contributed by atoms with Gasteiger partial charge in [-0.1, -0.05) is 12.0 Å². The molecule has 1 aliphatic carbocycles. The van der Waals surface area contributed by atoms with Crippen LogP contribution in [0.2, 0.25) is 0 Å². The average molecular weight is 298 g/mol. The Morgan fingerprint density at radius 1 is 1.30 bits per heavy atom. The SMILES string of the molecule is CCSC1CCC(Nc2nnc(CNC(C)(C)C)o2)C1. The summed E-state index contributed by atoms with van der Waals surface area (Å²) in [5, 5.41) is 15.6. The Morgan fingerprint density at radius 3 is 2.80 bits per heavy atom. The minimum atomic E-state index is 0.0537. The van der Waals surface area contributed by atoms with Crippen molar-refractivity contribution in [1.29, 1.82) is 0 Å². The summed E-state index contributed by atoms with van der Waals surface area (Å²) in [5.41, 5.74) is 0.0537. The minimum absolute atomic E-state index is 0.0537. The fraction of sp³-hybridized carbons (Fsp3) is 0.857. The van der Waals surface area contributed by atoms with Crippen molar-refractivity contribution < 1.29 is 4.42 Å². The van der Waals surface area contributed by atoms with Crippen molar-refractivity contribution in [2.24, 2.45) is 0 Å². The zero-order valence-electron chi connectivity index (χ0n) is 12.9. The number of rotatable bonds is 6. The molecule has 6 heteroatoms. The number of nitrogens with zero attached hydrogens (tertiary/aromatic N) is 2. The highest BCUT2D eigenvalue weighted by Gasteiger charge is 2.25. The quantitative estimate of drug-likeness (QED) is 0.841. The van der Waals surface area contributed by atoms with E-state index in [1.807, 2.05) is 0 Å². The fourth-order valence-electron chi connectivity index (χ4n) is 2.36. The van der Waals surface area contributed by atoms with Crippen LogP contribution in [0.15, 0.2) is 4.42 Å². The van der Waals surface area contributed by atoms with Crippen LogP contribution in [0.5, 0.6) is 0 Å². The van der Waals surface area contributed by atoms with Crippen LogP contribution in [0.25, 0.3) is 0 Å². The first-order valence-corrected chi connectivity index (χ1v) is 8.46. The van der Waals surface area contributed by atoms with Gasteiger partial charge in [0.2, 0.25) is 5.89 Å². The third-order valence-electron chi connectivity index (χ3n) is 3.35. The molecule has 5 nitrogen and oxygen atoms in total. The summed E-state index contributed by atoms with van der Waals surface area (Å²) in [5.74, 6) is 1.83. The zero-order chi connectivity index (χ0) is 14.6. The van der Waals surface area contributed by atoms with Crippen molar-refractivity contribution in [2.75, 3.05) is 11.1 Å². The van der Waals surface area contributed by atoms with E-state index in [0.29, 0.717) is 24.5 Å². The molecule has 114 valence electrons. The van der Waals surface area contributed by atoms with Crippen LogP contribution < -0.4 is 10.6 Å². The Hall–Kier alpha value is -0.750. The van der Waals surface area contributed by atoms with E-state index < -0.39 is 0 Å². The maximum absolute atomic E-state index is 5.63. The molecule has 0 spiro atoms. The van der Waals surface area contributed by atoms with Gasteiger partial charge in [0.15, 0.2) is 0 Å². The van der Waals surface area contributed by atoms with Gasteiger partial charge < -0.3 is 15.1 Å². The lowest BCUT2D eigenvalue weighted by molar-refractivity contribution is 0.383. The van der Waals surface area contributed by atoms with Crippen molar-refractivity contribution in [1.82, 2.24) is 15.5 Å². The van der Waals surface area contributed by atoms with Crippen molar-refractivity contribution >= 4 is 17.8 Å².